The molecule has 102 valence electrons. The van der Waals surface area contributed by atoms with Crippen molar-refractivity contribution in [3.8, 4) is 0 Å². The van der Waals surface area contributed by atoms with Gasteiger partial charge >= 0.3 is 0 Å². The van der Waals surface area contributed by atoms with E-state index < -0.39 is 10.0 Å². The van der Waals surface area contributed by atoms with Gasteiger partial charge in [-0.15, -0.1) is 0 Å². The number of aromatic amines is 1. The molecular weight excluding hydrogens is 264 g/mol. The van der Waals surface area contributed by atoms with Gasteiger partial charge in [0.15, 0.2) is 0 Å². The summed E-state index contributed by atoms with van der Waals surface area (Å²) in [6.45, 7) is 0.376. The van der Waals surface area contributed by atoms with E-state index in [1.807, 2.05) is 12.1 Å². The maximum absolute atomic E-state index is 11.8. The zero-order valence-electron chi connectivity index (χ0n) is 10.4. The lowest BCUT2D eigenvalue weighted by Gasteiger charge is -2.06. The van der Waals surface area contributed by atoms with Crippen LogP contribution in [0.3, 0.4) is 0 Å². The zero-order valence-corrected chi connectivity index (χ0v) is 11.2. The summed E-state index contributed by atoms with van der Waals surface area (Å²) in [6, 6.07) is 3.64. The molecule has 0 aliphatic carbocycles. The highest BCUT2D eigenvalue weighted by molar-refractivity contribution is 7.89. The monoisotopic (exact) mass is 280 g/mol. The van der Waals surface area contributed by atoms with Crippen LogP contribution in [0.25, 0.3) is 0 Å². The Morgan fingerprint density at radius 1 is 1.16 bits per heavy atom. The average molecular weight is 280 g/mol. The number of imidazole rings is 1. The number of sulfonamides is 1. The number of hydrogen-bond donors (Lipinski definition) is 2. The first-order chi connectivity index (χ1) is 9.16. The molecule has 0 fully saturated rings. The number of aromatic nitrogens is 3. The lowest BCUT2D eigenvalue weighted by molar-refractivity contribution is 0.580. The van der Waals surface area contributed by atoms with Crippen LogP contribution in [0.5, 0.6) is 0 Å². The van der Waals surface area contributed by atoms with E-state index >= 15 is 0 Å². The molecule has 0 aromatic carbocycles. The van der Waals surface area contributed by atoms with Gasteiger partial charge in [-0.3, -0.25) is 4.98 Å². The molecule has 0 aliphatic heterocycles. The second-order valence-corrected chi connectivity index (χ2v) is 6.07. The molecule has 0 radical (unpaired) electrons. The minimum absolute atomic E-state index is 0.0833. The van der Waals surface area contributed by atoms with Gasteiger partial charge in [0.05, 0.1) is 12.1 Å². The van der Waals surface area contributed by atoms with Crippen LogP contribution in [0, 0.1) is 0 Å². The Bertz CT molecular complexity index is 581. The molecule has 2 aromatic rings. The van der Waals surface area contributed by atoms with Crippen molar-refractivity contribution in [3.63, 3.8) is 0 Å². The second-order valence-electron chi connectivity index (χ2n) is 4.15. The third-order valence-electron chi connectivity index (χ3n) is 2.68. The molecule has 2 aromatic heterocycles. The summed E-state index contributed by atoms with van der Waals surface area (Å²) in [5, 5.41) is 0. The normalized spacial score (nSPS) is 11.6. The van der Waals surface area contributed by atoms with E-state index in [2.05, 4.69) is 19.7 Å². The maximum Gasteiger partial charge on any atom is 0.211 e. The van der Waals surface area contributed by atoms with E-state index in [0.29, 0.717) is 19.4 Å². The quantitative estimate of drug-likeness (QED) is 0.773. The van der Waals surface area contributed by atoms with Crippen LogP contribution in [0.4, 0.5) is 0 Å². The van der Waals surface area contributed by atoms with E-state index in [4.69, 9.17) is 0 Å². The van der Waals surface area contributed by atoms with Crippen LogP contribution in [-0.4, -0.2) is 35.7 Å². The zero-order chi connectivity index (χ0) is 13.6. The van der Waals surface area contributed by atoms with Crippen molar-refractivity contribution >= 4 is 10.0 Å². The second kappa shape index (κ2) is 6.44. The smallest absolute Gasteiger partial charge is 0.211 e. The molecule has 0 unspecified atom stereocenters. The van der Waals surface area contributed by atoms with Gasteiger partial charge in [0.1, 0.15) is 0 Å². The Labute approximate surface area is 112 Å². The summed E-state index contributed by atoms with van der Waals surface area (Å²) in [5.41, 5.74) is 1.88. The van der Waals surface area contributed by atoms with Crippen molar-refractivity contribution in [2.75, 3.05) is 12.3 Å². The molecule has 2 rings (SSSR count). The largest absolute Gasteiger partial charge is 0.348 e. The number of aryl methyl sites for hydroxylation is 1. The Morgan fingerprint density at radius 2 is 1.95 bits per heavy atom. The topological polar surface area (TPSA) is 87.7 Å². The summed E-state index contributed by atoms with van der Waals surface area (Å²) < 4.78 is 26.1. The summed E-state index contributed by atoms with van der Waals surface area (Å²) in [4.78, 5) is 10.7. The number of hydrogen-bond acceptors (Lipinski definition) is 4. The summed E-state index contributed by atoms with van der Waals surface area (Å²) >= 11 is 0. The van der Waals surface area contributed by atoms with Crippen LogP contribution in [0.2, 0.25) is 0 Å². The van der Waals surface area contributed by atoms with E-state index in [-0.39, 0.29) is 5.75 Å². The van der Waals surface area contributed by atoms with Crippen molar-refractivity contribution < 1.29 is 8.42 Å². The molecule has 0 spiro atoms. The average Bonchev–Trinajstić information content (AvgIpc) is 2.91. The fourth-order valence-electron chi connectivity index (χ4n) is 1.64. The molecule has 19 heavy (non-hydrogen) atoms. The van der Waals surface area contributed by atoms with Crippen molar-refractivity contribution in [2.24, 2.45) is 0 Å². The first kappa shape index (κ1) is 13.7. The Hall–Kier alpha value is -1.73. The van der Waals surface area contributed by atoms with Gasteiger partial charge in [0, 0.05) is 37.3 Å². The van der Waals surface area contributed by atoms with Crippen LogP contribution < -0.4 is 4.72 Å². The van der Waals surface area contributed by atoms with Crippen molar-refractivity contribution in [1.82, 2.24) is 19.7 Å². The highest BCUT2D eigenvalue weighted by Gasteiger charge is 2.09. The standard InChI is InChI=1S/C12H16N4O2S/c17-19(18,8-4-11-1-5-13-6-2-11)16-7-3-12-9-14-10-15-12/h1-2,5-6,9-10,16H,3-4,7-8H2,(H,14,15). The molecule has 2 heterocycles. The summed E-state index contributed by atoms with van der Waals surface area (Å²) in [7, 11) is -3.24. The van der Waals surface area contributed by atoms with Gasteiger partial charge < -0.3 is 4.98 Å². The van der Waals surface area contributed by atoms with Gasteiger partial charge in [-0.2, -0.15) is 0 Å². The number of pyridine rings is 1. The van der Waals surface area contributed by atoms with E-state index in [9.17, 15) is 8.42 Å². The number of nitrogens with one attached hydrogen (secondary N) is 2. The van der Waals surface area contributed by atoms with Crippen LogP contribution in [0.15, 0.2) is 37.1 Å². The Kier molecular flexibility index (Phi) is 4.64. The van der Waals surface area contributed by atoms with Gasteiger partial charge in [-0.1, -0.05) is 0 Å². The molecule has 0 atom stereocenters. The highest BCUT2D eigenvalue weighted by Crippen LogP contribution is 2.00. The molecule has 2 N–H and O–H groups in total. The minimum atomic E-state index is -3.24. The Morgan fingerprint density at radius 3 is 2.63 bits per heavy atom. The lowest BCUT2D eigenvalue weighted by Crippen LogP contribution is -2.29. The maximum atomic E-state index is 11.8. The minimum Gasteiger partial charge on any atom is -0.348 e. The summed E-state index contributed by atoms with van der Waals surface area (Å²) in [6.07, 6.45) is 7.68. The van der Waals surface area contributed by atoms with Crippen molar-refractivity contribution in [1.29, 1.82) is 0 Å². The SMILES string of the molecule is O=S(=O)(CCc1ccncc1)NCCc1cnc[nH]1. The number of rotatable bonds is 7. The number of H-pyrrole nitrogens is 1. The van der Waals surface area contributed by atoms with E-state index in [0.717, 1.165) is 11.3 Å². The van der Waals surface area contributed by atoms with E-state index in [1.165, 1.54) is 0 Å². The van der Waals surface area contributed by atoms with Crippen LogP contribution in [-0.2, 0) is 22.9 Å². The first-order valence-electron chi connectivity index (χ1n) is 5.99. The van der Waals surface area contributed by atoms with Crippen LogP contribution in [0.1, 0.15) is 11.3 Å². The Balaban J connectivity index is 1.76. The highest BCUT2D eigenvalue weighted by atomic mass is 32.2. The fraction of sp³-hybridized carbons (Fsp3) is 0.333. The lowest BCUT2D eigenvalue weighted by atomic mass is 10.2. The third-order valence-corrected chi connectivity index (χ3v) is 4.07. The third kappa shape index (κ3) is 4.80. The van der Waals surface area contributed by atoms with Crippen LogP contribution >= 0.6 is 0 Å². The van der Waals surface area contributed by atoms with E-state index in [1.54, 1.807) is 24.9 Å². The molecule has 7 heteroatoms. The van der Waals surface area contributed by atoms with Gasteiger partial charge in [0.25, 0.3) is 0 Å². The molecule has 0 bridgehead atoms. The van der Waals surface area contributed by atoms with Gasteiger partial charge in [-0.25, -0.2) is 18.1 Å². The molecule has 0 aliphatic rings. The predicted molar refractivity (Wildman–Crippen MR) is 72.0 cm³/mol. The predicted octanol–water partition coefficient (Wildman–Crippen LogP) is 0.509. The summed E-state index contributed by atoms with van der Waals surface area (Å²) in [5.74, 6) is 0.0833. The number of nitrogens with zero attached hydrogens (tertiary/aromatic N) is 2. The molecular formula is C12H16N4O2S. The first-order valence-corrected chi connectivity index (χ1v) is 7.64. The molecule has 0 saturated carbocycles. The fourth-order valence-corrected chi connectivity index (χ4v) is 2.70. The molecule has 0 saturated heterocycles. The van der Waals surface area contributed by atoms with Crippen molar-refractivity contribution in [3.05, 3.63) is 48.3 Å². The van der Waals surface area contributed by atoms with Gasteiger partial charge in [-0.05, 0) is 24.1 Å². The van der Waals surface area contributed by atoms with Gasteiger partial charge in [0.2, 0.25) is 10.0 Å². The molecule has 6 nitrogen and oxygen atoms in total. The molecule has 0 amide bonds. The van der Waals surface area contributed by atoms with Crippen molar-refractivity contribution in [2.45, 2.75) is 12.8 Å².